The zero-order chi connectivity index (χ0) is 12.5. The number of hydrogen-bond donors (Lipinski definition) is 1. The van der Waals surface area contributed by atoms with Crippen LogP contribution < -0.4 is 5.73 Å². The largest absolute Gasteiger partial charge is 0.365 e. The Morgan fingerprint density at radius 1 is 1.28 bits per heavy atom. The van der Waals surface area contributed by atoms with E-state index in [0.29, 0.717) is 16.9 Å². The van der Waals surface area contributed by atoms with Crippen LogP contribution >= 0.6 is 0 Å². The van der Waals surface area contributed by atoms with E-state index < -0.39 is 5.91 Å². The molecule has 0 saturated heterocycles. The molecule has 87 valence electrons. The summed E-state index contributed by atoms with van der Waals surface area (Å²) in [4.78, 5) is 15.4. The van der Waals surface area contributed by atoms with E-state index in [1.54, 1.807) is 6.07 Å². The van der Waals surface area contributed by atoms with Gasteiger partial charge in [0, 0.05) is 5.56 Å². The Morgan fingerprint density at radius 2 is 2.06 bits per heavy atom. The van der Waals surface area contributed by atoms with Crippen LogP contribution in [-0.2, 0) is 0 Å². The molecule has 0 spiro atoms. The lowest BCUT2D eigenvalue weighted by Crippen LogP contribution is -2.14. The molecule has 18 heavy (non-hydrogen) atoms. The van der Waals surface area contributed by atoms with Gasteiger partial charge in [0.1, 0.15) is 6.20 Å². The van der Waals surface area contributed by atoms with Crippen molar-refractivity contribution in [2.24, 2.45) is 5.73 Å². The lowest BCUT2D eigenvalue weighted by Gasteiger charge is -2.04. The van der Waals surface area contributed by atoms with Crippen LogP contribution in [0, 0.1) is 6.20 Å². The van der Waals surface area contributed by atoms with E-state index in [1.165, 1.54) is 10.7 Å². The van der Waals surface area contributed by atoms with Crippen LogP contribution in [0.25, 0.3) is 16.9 Å². The maximum Gasteiger partial charge on any atom is 0.252 e. The molecule has 5 nitrogen and oxygen atoms in total. The van der Waals surface area contributed by atoms with Crippen molar-refractivity contribution in [3.63, 3.8) is 0 Å². The molecular weight excluding hydrogens is 228 g/mol. The Morgan fingerprint density at radius 3 is 2.78 bits per heavy atom. The van der Waals surface area contributed by atoms with Crippen molar-refractivity contribution in [1.29, 1.82) is 0 Å². The van der Waals surface area contributed by atoms with Gasteiger partial charge in [-0.3, -0.25) is 4.79 Å². The molecule has 0 aliphatic heterocycles. The second-order valence-electron chi connectivity index (χ2n) is 3.80. The van der Waals surface area contributed by atoms with Gasteiger partial charge in [-0.1, -0.05) is 30.3 Å². The number of nitrogens with zero attached hydrogens (tertiary/aromatic N) is 3. The predicted molar refractivity (Wildman–Crippen MR) is 65.8 cm³/mol. The number of carbonyl (C=O) groups excluding carboxylic acids is 1. The van der Waals surface area contributed by atoms with Crippen molar-refractivity contribution in [1.82, 2.24) is 14.6 Å². The highest BCUT2D eigenvalue weighted by Gasteiger charge is 2.12. The fraction of sp³-hybridized carbons (Fsp3) is 0. The molecule has 3 aromatic rings. The van der Waals surface area contributed by atoms with Gasteiger partial charge in [-0.05, 0) is 6.07 Å². The molecular formula is C13H9N4O. The lowest BCUT2D eigenvalue weighted by molar-refractivity contribution is 0.100. The van der Waals surface area contributed by atoms with Gasteiger partial charge in [-0.25, -0.2) is 9.50 Å². The van der Waals surface area contributed by atoms with Crippen LogP contribution in [0.15, 0.2) is 42.6 Å². The van der Waals surface area contributed by atoms with Crippen molar-refractivity contribution >= 4 is 11.6 Å². The topological polar surface area (TPSA) is 73.3 Å². The predicted octanol–water partition coefficient (Wildman–Crippen LogP) is 1.30. The molecule has 2 N–H and O–H groups in total. The first-order chi connectivity index (χ1) is 8.75. The fourth-order valence-electron chi connectivity index (χ4n) is 1.79. The van der Waals surface area contributed by atoms with Crippen LogP contribution in [0.2, 0.25) is 0 Å². The van der Waals surface area contributed by atoms with Crippen molar-refractivity contribution in [3.8, 4) is 11.3 Å². The average molecular weight is 237 g/mol. The maximum atomic E-state index is 11.4. The Balaban J connectivity index is 2.29. The lowest BCUT2D eigenvalue weighted by atomic mass is 10.1. The summed E-state index contributed by atoms with van der Waals surface area (Å²) in [6.07, 6.45) is 4.27. The van der Waals surface area contributed by atoms with Crippen LogP contribution in [-0.4, -0.2) is 20.5 Å². The fourth-order valence-corrected chi connectivity index (χ4v) is 1.79. The third kappa shape index (κ3) is 1.62. The van der Waals surface area contributed by atoms with Gasteiger partial charge in [-0.2, -0.15) is 5.10 Å². The summed E-state index contributed by atoms with van der Waals surface area (Å²) < 4.78 is 1.43. The van der Waals surface area contributed by atoms with Crippen LogP contribution in [0.3, 0.4) is 0 Å². The smallest absolute Gasteiger partial charge is 0.252 e. The van der Waals surface area contributed by atoms with E-state index in [9.17, 15) is 4.79 Å². The summed E-state index contributed by atoms with van der Waals surface area (Å²) in [5, 5.41) is 4.34. The number of primary amides is 1. The highest BCUT2D eigenvalue weighted by molar-refractivity contribution is 5.99. The number of rotatable bonds is 2. The summed E-state index contributed by atoms with van der Waals surface area (Å²) in [6, 6.07) is 11.2. The number of amides is 1. The third-order valence-electron chi connectivity index (χ3n) is 2.63. The van der Waals surface area contributed by atoms with Crippen molar-refractivity contribution in [2.45, 2.75) is 0 Å². The maximum absolute atomic E-state index is 11.4. The van der Waals surface area contributed by atoms with Gasteiger partial charge in [0.2, 0.25) is 0 Å². The van der Waals surface area contributed by atoms with E-state index in [0.717, 1.165) is 5.56 Å². The van der Waals surface area contributed by atoms with E-state index in [1.807, 2.05) is 30.3 Å². The van der Waals surface area contributed by atoms with E-state index in [4.69, 9.17) is 5.73 Å². The molecule has 3 rings (SSSR count). The van der Waals surface area contributed by atoms with Crippen LogP contribution in [0.1, 0.15) is 10.4 Å². The number of aromatic nitrogens is 3. The molecule has 0 aliphatic rings. The van der Waals surface area contributed by atoms with Crippen molar-refractivity contribution < 1.29 is 4.79 Å². The van der Waals surface area contributed by atoms with E-state index in [-0.39, 0.29) is 0 Å². The summed E-state index contributed by atoms with van der Waals surface area (Å²) in [5.41, 5.74) is 7.67. The standard InChI is InChI=1S/C13H9N4O/c14-12(18)10-8-11(9-4-2-1-3-5-9)16-17-7-6-15-13(10)17/h1-6,8H,(H2,14,18). The monoisotopic (exact) mass is 237 g/mol. The van der Waals surface area contributed by atoms with E-state index in [2.05, 4.69) is 16.3 Å². The number of fused-ring (bicyclic) bond motifs is 1. The number of imidazole rings is 1. The molecule has 0 aliphatic carbocycles. The Hall–Kier alpha value is -2.69. The molecule has 0 saturated carbocycles. The second-order valence-corrected chi connectivity index (χ2v) is 3.80. The van der Waals surface area contributed by atoms with Crippen molar-refractivity contribution in [2.75, 3.05) is 0 Å². The first-order valence-electron chi connectivity index (χ1n) is 5.37. The van der Waals surface area contributed by atoms with E-state index >= 15 is 0 Å². The van der Waals surface area contributed by atoms with Gasteiger partial charge in [0.05, 0.1) is 17.5 Å². The highest BCUT2D eigenvalue weighted by Crippen LogP contribution is 2.19. The molecule has 2 aromatic heterocycles. The molecule has 0 fully saturated rings. The zero-order valence-corrected chi connectivity index (χ0v) is 9.37. The molecule has 5 heteroatoms. The molecule has 0 unspecified atom stereocenters. The van der Waals surface area contributed by atoms with Gasteiger partial charge in [-0.15, -0.1) is 0 Å². The average Bonchev–Trinajstić information content (AvgIpc) is 2.86. The van der Waals surface area contributed by atoms with Crippen LogP contribution in [0.4, 0.5) is 0 Å². The molecule has 2 heterocycles. The number of carbonyl (C=O) groups is 1. The zero-order valence-electron chi connectivity index (χ0n) is 9.37. The summed E-state index contributed by atoms with van der Waals surface area (Å²) in [5.74, 6) is -0.529. The molecule has 1 radical (unpaired) electrons. The number of hydrogen-bond acceptors (Lipinski definition) is 3. The SMILES string of the molecule is NC(=O)c1cc(-c2ccccc2)nn2[c]cnc12. The Labute approximate surface area is 103 Å². The summed E-state index contributed by atoms with van der Waals surface area (Å²) in [6.45, 7) is 0. The van der Waals surface area contributed by atoms with Gasteiger partial charge >= 0.3 is 0 Å². The minimum atomic E-state index is -0.529. The first kappa shape index (κ1) is 10.5. The minimum Gasteiger partial charge on any atom is -0.365 e. The van der Waals surface area contributed by atoms with Crippen LogP contribution in [0.5, 0.6) is 0 Å². The van der Waals surface area contributed by atoms with Crippen molar-refractivity contribution in [3.05, 3.63) is 54.4 Å². The summed E-state index contributed by atoms with van der Waals surface area (Å²) >= 11 is 0. The van der Waals surface area contributed by atoms with Gasteiger partial charge in [0.25, 0.3) is 5.91 Å². The molecule has 1 aromatic carbocycles. The molecule has 1 amide bonds. The Kier molecular flexibility index (Phi) is 2.30. The second kappa shape index (κ2) is 3.96. The van der Waals surface area contributed by atoms with Gasteiger partial charge in [0.15, 0.2) is 5.65 Å². The summed E-state index contributed by atoms with van der Waals surface area (Å²) in [7, 11) is 0. The normalized spacial score (nSPS) is 10.7. The molecule has 0 bridgehead atoms. The molecule has 0 atom stereocenters. The highest BCUT2D eigenvalue weighted by atomic mass is 16.1. The number of nitrogens with two attached hydrogens (primary N) is 1. The Bertz CT molecular complexity index is 718. The minimum absolute atomic E-state index is 0.338. The third-order valence-corrected chi connectivity index (χ3v) is 2.63. The van der Waals surface area contributed by atoms with Gasteiger partial charge < -0.3 is 5.73 Å². The quantitative estimate of drug-likeness (QED) is 0.730. The first-order valence-corrected chi connectivity index (χ1v) is 5.37. The number of benzene rings is 1.